The molecule has 2 heterocycles. The van der Waals surface area contributed by atoms with Crippen LogP contribution in [0.1, 0.15) is 23.9 Å². The molecule has 0 atom stereocenters. The second kappa shape index (κ2) is 11.4. The van der Waals surface area contributed by atoms with Crippen molar-refractivity contribution < 1.29 is 4.39 Å². The number of aromatic nitrogens is 3. The molecular formula is C29H27FN4. The van der Waals surface area contributed by atoms with Gasteiger partial charge in [-0.3, -0.25) is 4.98 Å². The Bertz CT molecular complexity index is 1360. The number of halogens is 1. The van der Waals surface area contributed by atoms with Crippen LogP contribution in [0, 0.1) is 18.7 Å². The lowest BCUT2D eigenvalue weighted by Gasteiger charge is -2.11. The Morgan fingerprint density at radius 1 is 1.15 bits per heavy atom. The predicted molar refractivity (Wildman–Crippen MR) is 141 cm³/mol. The molecule has 170 valence electrons. The number of aromatic amines is 1. The summed E-state index contributed by atoms with van der Waals surface area (Å²) < 4.78 is 13.4. The number of fused-ring (bicyclic) bond motifs is 1. The lowest BCUT2D eigenvalue weighted by Crippen LogP contribution is -1.99. The molecule has 0 spiro atoms. The van der Waals surface area contributed by atoms with Crippen LogP contribution in [0.25, 0.3) is 27.7 Å². The summed E-state index contributed by atoms with van der Waals surface area (Å²) in [4.78, 5) is 12.6. The Morgan fingerprint density at radius 3 is 2.59 bits per heavy atom. The topological polar surface area (TPSA) is 53.6 Å². The molecule has 0 radical (unpaired) electrons. The van der Waals surface area contributed by atoms with Gasteiger partial charge in [-0.2, -0.15) is 0 Å². The highest BCUT2D eigenvalue weighted by atomic mass is 19.1. The molecule has 0 aliphatic rings. The van der Waals surface area contributed by atoms with E-state index in [9.17, 15) is 4.39 Å². The Morgan fingerprint density at radius 2 is 1.91 bits per heavy atom. The molecule has 0 fully saturated rings. The molecule has 4 rings (SSSR count). The average molecular weight is 451 g/mol. The van der Waals surface area contributed by atoms with E-state index in [1.54, 1.807) is 30.6 Å². The molecule has 0 amide bonds. The zero-order valence-corrected chi connectivity index (χ0v) is 19.3. The predicted octanol–water partition coefficient (Wildman–Crippen LogP) is 6.79. The summed E-state index contributed by atoms with van der Waals surface area (Å²) in [7, 11) is 1.92. The van der Waals surface area contributed by atoms with Gasteiger partial charge in [0.05, 0.1) is 17.2 Å². The molecule has 0 bridgehead atoms. The lowest BCUT2D eigenvalue weighted by atomic mass is 9.99. The van der Waals surface area contributed by atoms with Crippen LogP contribution in [0.4, 0.5) is 10.1 Å². The SMILES string of the molecule is C#C.C=C/C=C\C(=C/C)c1ccc(NC)c(Cc2nc3c(-c4ccc(F)cc4)cncc3[nH]2)c1. The van der Waals surface area contributed by atoms with Crippen LogP contribution in [0.3, 0.4) is 0 Å². The van der Waals surface area contributed by atoms with E-state index < -0.39 is 0 Å². The highest BCUT2D eigenvalue weighted by Gasteiger charge is 2.13. The third kappa shape index (κ3) is 5.31. The Hall–Kier alpha value is -4.43. The number of imidazole rings is 1. The van der Waals surface area contributed by atoms with Gasteiger partial charge in [-0.1, -0.05) is 49.1 Å². The van der Waals surface area contributed by atoms with Gasteiger partial charge in [-0.05, 0) is 53.5 Å². The molecule has 0 saturated carbocycles. The number of pyridine rings is 1. The van der Waals surface area contributed by atoms with Crippen molar-refractivity contribution in [2.45, 2.75) is 13.3 Å². The summed E-state index contributed by atoms with van der Waals surface area (Å²) in [6, 6.07) is 12.8. The van der Waals surface area contributed by atoms with E-state index in [0.29, 0.717) is 6.42 Å². The molecule has 2 aromatic heterocycles. The zero-order valence-electron chi connectivity index (χ0n) is 19.3. The maximum Gasteiger partial charge on any atom is 0.123 e. The number of hydrogen-bond donors (Lipinski definition) is 2. The first-order valence-corrected chi connectivity index (χ1v) is 10.8. The van der Waals surface area contributed by atoms with Gasteiger partial charge in [0.1, 0.15) is 11.6 Å². The van der Waals surface area contributed by atoms with E-state index in [4.69, 9.17) is 4.98 Å². The van der Waals surface area contributed by atoms with E-state index in [-0.39, 0.29) is 5.82 Å². The molecule has 0 saturated heterocycles. The van der Waals surface area contributed by atoms with Crippen molar-refractivity contribution in [3.05, 3.63) is 109 Å². The number of benzene rings is 2. The third-order valence-corrected chi connectivity index (χ3v) is 5.39. The van der Waals surface area contributed by atoms with Crippen molar-refractivity contribution >= 4 is 22.3 Å². The summed E-state index contributed by atoms with van der Waals surface area (Å²) in [5, 5.41) is 3.28. The Labute approximate surface area is 200 Å². The quantitative estimate of drug-likeness (QED) is 0.241. The largest absolute Gasteiger partial charge is 0.388 e. The number of anilines is 1. The summed E-state index contributed by atoms with van der Waals surface area (Å²) in [5.41, 5.74) is 7.87. The van der Waals surface area contributed by atoms with Gasteiger partial charge >= 0.3 is 0 Å². The number of allylic oxidation sites excluding steroid dienone is 5. The summed E-state index contributed by atoms with van der Waals surface area (Å²) in [6.07, 6.45) is 20.0. The van der Waals surface area contributed by atoms with E-state index in [0.717, 1.165) is 50.4 Å². The van der Waals surface area contributed by atoms with E-state index in [1.807, 2.05) is 26.1 Å². The van der Waals surface area contributed by atoms with Crippen LogP contribution in [-0.4, -0.2) is 22.0 Å². The van der Waals surface area contributed by atoms with Gasteiger partial charge < -0.3 is 10.3 Å². The van der Waals surface area contributed by atoms with Crippen LogP contribution >= 0.6 is 0 Å². The van der Waals surface area contributed by atoms with Gasteiger partial charge in [-0.15, -0.1) is 12.8 Å². The highest BCUT2D eigenvalue weighted by Crippen LogP contribution is 2.29. The number of hydrogen-bond acceptors (Lipinski definition) is 3. The van der Waals surface area contributed by atoms with Crippen molar-refractivity contribution in [1.29, 1.82) is 0 Å². The molecular weight excluding hydrogens is 423 g/mol. The first-order valence-electron chi connectivity index (χ1n) is 10.8. The highest BCUT2D eigenvalue weighted by molar-refractivity contribution is 5.91. The fourth-order valence-corrected chi connectivity index (χ4v) is 3.78. The number of H-pyrrole nitrogens is 1. The van der Waals surface area contributed by atoms with Gasteiger partial charge in [0.15, 0.2) is 0 Å². The van der Waals surface area contributed by atoms with Gasteiger partial charge in [0.25, 0.3) is 0 Å². The van der Waals surface area contributed by atoms with E-state index in [1.165, 1.54) is 12.1 Å². The molecule has 0 aliphatic heterocycles. The van der Waals surface area contributed by atoms with Crippen molar-refractivity contribution in [2.24, 2.45) is 0 Å². The molecule has 34 heavy (non-hydrogen) atoms. The van der Waals surface area contributed by atoms with Crippen molar-refractivity contribution in [3.8, 4) is 24.0 Å². The first kappa shape index (κ1) is 24.2. The molecule has 2 aromatic carbocycles. The minimum atomic E-state index is -0.264. The number of nitrogens with zero attached hydrogens (tertiary/aromatic N) is 2. The molecule has 4 aromatic rings. The van der Waals surface area contributed by atoms with E-state index >= 15 is 0 Å². The van der Waals surface area contributed by atoms with Crippen molar-refractivity contribution in [2.75, 3.05) is 12.4 Å². The van der Waals surface area contributed by atoms with Crippen molar-refractivity contribution in [3.63, 3.8) is 0 Å². The molecule has 0 unspecified atom stereocenters. The second-order valence-corrected chi connectivity index (χ2v) is 7.41. The van der Waals surface area contributed by atoms with Crippen LogP contribution in [-0.2, 0) is 6.42 Å². The third-order valence-electron chi connectivity index (χ3n) is 5.39. The number of nitrogens with one attached hydrogen (secondary N) is 2. The normalized spacial score (nSPS) is 11.3. The maximum absolute atomic E-state index is 13.4. The average Bonchev–Trinajstić information content (AvgIpc) is 3.29. The van der Waals surface area contributed by atoms with Gasteiger partial charge in [-0.25, -0.2) is 9.37 Å². The maximum atomic E-state index is 13.4. The Kier molecular flexibility index (Phi) is 8.15. The lowest BCUT2D eigenvalue weighted by molar-refractivity contribution is 0.628. The molecule has 0 aliphatic carbocycles. The smallest absolute Gasteiger partial charge is 0.123 e. The molecule has 2 N–H and O–H groups in total. The summed E-state index contributed by atoms with van der Waals surface area (Å²) in [6.45, 7) is 5.78. The fourth-order valence-electron chi connectivity index (χ4n) is 3.78. The van der Waals surface area contributed by atoms with Gasteiger partial charge in [0.2, 0.25) is 0 Å². The second-order valence-electron chi connectivity index (χ2n) is 7.41. The minimum Gasteiger partial charge on any atom is -0.388 e. The monoisotopic (exact) mass is 450 g/mol. The zero-order chi connectivity index (χ0) is 24.5. The van der Waals surface area contributed by atoms with E-state index in [2.05, 4.69) is 59.0 Å². The number of rotatable bonds is 7. The Balaban J connectivity index is 0.00000158. The molecule has 5 heteroatoms. The first-order chi connectivity index (χ1) is 16.6. The summed E-state index contributed by atoms with van der Waals surface area (Å²) >= 11 is 0. The fraction of sp³-hybridized carbons (Fsp3) is 0.103. The molecule has 4 nitrogen and oxygen atoms in total. The van der Waals surface area contributed by atoms with Crippen LogP contribution in [0.5, 0.6) is 0 Å². The van der Waals surface area contributed by atoms with Crippen LogP contribution < -0.4 is 5.32 Å². The summed E-state index contributed by atoms with van der Waals surface area (Å²) in [5.74, 6) is 0.577. The minimum absolute atomic E-state index is 0.264. The van der Waals surface area contributed by atoms with Gasteiger partial charge in [0, 0.05) is 30.9 Å². The van der Waals surface area contributed by atoms with Crippen LogP contribution in [0.2, 0.25) is 0 Å². The van der Waals surface area contributed by atoms with Crippen molar-refractivity contribution in [1.82, 2.24) is 15.0 Å². The number of terminal acetylenes is 1. The standard InChI is InChI=1S/C27H25FN4.C2H2/c1-4-6-7-18(5-2)20-10-13-24(29-3)21(14-20)15-26-31-25-17-30-16-23(27(25)32-26)19-8-11-22(28)12-9-19;1-2/h4-14,16-17,29H,1,15H2,2-3H3,(H,31,32);1-2H/b7-6-,18-5+;. The van der Waals surface area contributed by atoms with Crippen LogP contribution in [0.15, 0.2) is 85.7 Å².